The van der Waals surface area contributed by atoms with Gasteiger partial charge < -0.3 is 9.32 Å². The number of hydrogen-bond donors (Lipinski definition) is 0. The first kappa shape index (κ1) is 19.0. The predicted octanol–water partition coefficient (Wildman–Crippen LogP) is 5.13. The zero-order valence-electron chi connectivity index (χ0n) is 15.6. The maximum Gasteiger partial charge on any atom is 0.236 e. The molecule has 7 heteroatoms. The number of sulfone groups is 1. The van der Waals surface area contributed by atoms with Gasteiger partial charge in [-0.1, -0.05) is 29.8 Å². The van der Waals surface area contributed by atoms with Crippen molar-refractivity contribution in [2.75, 3.05) is 18.0 Å². The van der Waals surface area contributed by atoms with Crippen LogP contribution < -0.4 is 4.90 Å². The van der Waals surface area contributed by atoms with Gasteiger partial charge in [0.25, 0.3) is 0 Å². The number of hydrogen-bond acceptors (Lipinski definition) is 5. The van der Waals surface area contributed by atoms with Crippen LogP contribution in [0, 0.1) is 6.92 Å². The van der Waals surface area contributed by atoms with Crippen LogP contribution in [0.1, 0.15) is 24.8 Å². The summed E-state index contributed by atoms with van der Waals surface area (Å²) in [5.41, 5.74) is 1.77. The summed E-state index contributed by atoms with van der Waals surface area (Å²) < 4.78 is 32.8. The first-order chi connectivity index (χ1) is 13.5. The van der Waals surface area contributed by atoms with Crippen LogP contribution in [0.15, 0.2) is 62.9 Å². The lowest BCUT2D eigenvalue weighted by Gasteiger charge is -2.26. The summed E-state index contributed by atoms with van der Waals surface area (Å²) in [5, 5.41) is 0.450. The van der Waals surface area contributed by atoms with Crippen LogP contribution in [0.3, 0.4) is 0 Å². The maximum atomic E-state index is 13.3. The minimum atomic E-state index is -3.84. The van der Waals surface area contributed by atoms with Crippen LogP contribution in [0.2, 0.25) is 5.02 Å². The third-order valence-electron chi connectivity index (χ3n) is 4.98. The molecule has 2 aromatic carbocycles. The molecule has 0 atom stereocenters. The molecule has 0 amide bonds. The molecule has 5 nitrogen and oxygen atoms in total. The van der Waals surface area contributed by atoms with Gasteiger partial charge in [0, 0.05) is 23.7 Å². The predicted molar refractivity (Wildman–Crippen MR) is 110 cm³/mol. The zero-order chi connectivity index (χ0) is 19.7. The molecule has 3 aromatic rings. The SMILES string of the molecule is Cc1ccccc1-c1nc(S(=O)(=O)c2ccc(Cl)cc2)c(N2CCCCC2)o1. The molecular formula is C21H21ClN2O3S. The summed E-state index contributed by atoms with van der Waals surface area (Å²) in [7, 11) is -3.84. The maximum absolute atomic E-state index is 13.3. The van der Waals surface area contributed by atoms with E-state index in [1.54, 1.807) is 12.1 Å². The largest absolute Gasteiger partial charge is 0.419 e. The second-order valence-corrected chi connectivity index (χ2v) is 9.25. The first-order valence-corrected chi connectivity index (χ1v) is 11.2. The average Bonchev–Trinajstić information content (AvgIpc) is 3.15. The Kier molecular flexibility index (Phi) is 5.17. The fourth-order valence-corrected chi connectivity index (χ4v) is 4.87. The van der Waals surface area contributed by atoms with Crippen molar-refractivity contribution in [3.63, 3.8) is 0 Å². The van der Waals surface area contributed by atoms with Gasteiger partial charge in [-0.15, -0.1) is 0 Å². The van der Waals surface area contributed by atoms with E-state index in [0.717, 1.165) is 43.5 Å². The Bertz CT molecular complexity index is 1090. The van der Waals surface area contributed by atoms with E-state index >= 15 is 0 Å². The molecule has 0 spiro atoms. The van der Waals surface area contributed by atoms with E-state index in [0.29, 0.717) is 16.8 Å². The Morgan fingerprint density at radius 2 is 1.68 bits per heavy atom. The van der Waals surface area contributed by atoms with E-state index in [1.165, 1.54) is 12.1 Å². The van der Waals surface area contributed by atoms with Crippen LogP contribution in [0.25, 0.3) is 11.5 Å². The third-order valence-corrected chi connectivity index (χ3v) is 6.90. The molecule has 1 saturated heterocycles. The molecule has 0 N–H and O–H groups in total. The van der Waals surface area contributed by atoms with E-state index < -0.39 is 9.84 Å². The van der Waals surface area contributed by atoms with E-state index in [4.69, 9.17) is 16.0 Å². The van der Waals surface area contributed by atoms with E-state index in [-0.39, 0.29) is 9.92 Å². The highest BCUT2D eigenvalue weighted by Gasteiger charge is 2.32. The highest BCUT2D eigenvalue weighted by Crippen LogP contribution is 2.36. The smallest absolute Gasteiger partial charge is 0.236 e. The fourth-order valence-electron chi connectivity index (χ4n) is 3.42. The van der Waals surface area contributed by atoms with Crippen LogP contribution in [0.4, 0.5) is 5.88 Å². The monoisotopic (exact) mass is 416 g/mol. The number of aryl methyl sites for hydroxylation is 1. The lowest BCUT2D eigenvalue weighted by molar-refractivity contribution is 0.499. The van der Waals surface area contributed by atoms with Crippen molar-refractivity contribution in [2.24, 2.45) is 0 Å². The quantitative estimate of drug-likeness (QED) is 0.590. The minimum Gasteiger partial charge on any atom is -0.419 e. The number of piperidine rings is 1. The van der Waals surface area contributed by atoms with Gasteiger partial charge >= 0.3 is 0 Å². The van der Waals surface area contributed by atoms with Crippen molar-refractivity contribution in [1.29, 1.82) is 0 Å². The van der Waals surface area contributed by atoms with E-state index in [1.807, 2.05) is 36.1 Å². The average molecular weight is 417 g/mol. The minimum absolute atomic E-state index is 0.0324. The van der Waals surface area contributed by atoms with Gasteiger partial charge in [-0.25, -0.2) is 8.42 Å². The Hall–Kier alpha value is -2.31. The lowest BCUT2D eigenvalue weighted by atomic mass is 10.1. The second kappa shape index (κ2) is 7.60. The van der Waals surface area contributed by atoms with Gasteiger partial charge in [-0.05, 0) is 62.1 Å². The molecule has 2 heterocycles. The van der Waals surface area contributed by atoms with Crippen molar-refractivity contribution in [2.45, 2.75) is 36.1 Å². The summed E-state index contributed by atoms with van der Waals surface area (Å²) in [6.45, 7) is 3.46. The Balaban J connectivity index is 1.87. The summed E-state index contributed by atoms with van der Waals surface area (Å²) >= 11 is 5.93. The van der Waals surface area contributed by atoms with Crippen LogP contribution in [-0.4, -0.2) is 26.5 Å². The summed E-state index contributed by atoms with van der Waals surface area (Å²) in [5.74, 6) is 0.652. The first-order valence-electron chi connectivity index (χ1n) is 9.29. The topological polar surface area (TPSA) is 63.4 Å². The Labute approximate surface area is 169 Å². The summed E-state index contributed by atoms with van der Waals surface area (Å²) in [6.07, 6.45) is 3.14. The van der Waals surface area contributed by atoms with Crippen molar-refractivity contribution in [1.82, 2.24) is 4.98 Å². The van der Waals surface area contributed by atoms with Crippen molar-refractivity contribution >= 4 is 27.3 Å². The number of nitrogens with zero attached hydrogens (tertiary/aromatic N) is 2. The molecular weight excluding hydrogens is 396 g/mol. The molecule has 28 heavy (non-hydrogen) atoms. The summed E-state index contributed by atoms with van der Waals surface area (Å²) in [4.78, 5) is 6.60. The number of aromatic nitrogens is 1. The second-order valence-electron chi connectivity index (χ2n) is 6.95. The number of halogens is 1. The lowest BCUT2D eigenvalue weighted by Crippen LogP contribution is -2.30. The van der Waals surface area contributed by atoms with Gasteiger partial charge in [0.1, 0.15) is 0 Å². The number of benzene rings is 2. The third kappa shape index (κ3) is 3.54. The molecule has 1 aliphatic heterocycles. The van der Waals surface area contributed by atoms with Gasteiger partial charge in [0.2, 0.25) is 26.6 Å². The van der Waals surface area contributed by atoms with Crippen LogP contribution >= 0.6 is 11.6 Å². The van der Waals surface area contributed by atoms with Gasteiger partial charge in [-0.3, -0.25) is 0 Å². The van der Waals surface area contributed by atoms with Gasteiger partial charge in [-0.2, -0.15) is 4.98 Å². The number of rotatable bonds is 4. The standard InChI is InChI=1S/C21H21ClN2O3S/c1-15-7-3-4-8-18(15)19-23-20(21(27-19)24-13-5-2-6-14-24)28(25,26)17-11-9-16(22)10-12-17/h3-4,7-12H,2,5-6,13-14H2,1H3. The van der Waals surface area contributed by atoms with Crippen molar-refractivity contribution < 1.29 is 12.8 Å². The van der Waals surface area contributed by atoms with Gasteiger partial charge in [0.05, 0.1) is 4.90 Å². The molecule has 1 aliphatic rings. The molecule has 4 rings (SSSR count). The Morgan fingerprint density at radius 1 is 1.00 bits per heavy atom. The highest BCUT2D eigenvalue weighted by molar-refractivity contribution is 7.91. The van der Waals surface area contributed by atoms with Gasteiger partial charge in [0.15, 0.2) is 0 Å². The molecule has 146 valence electrons. The van der Waals surface area contributed by atoms with E-state index in [2.05, 4.69) is 4.98 Å². The highest BCUT2D eigenvalue weighted by atomic mass is 35.5. The normalized spacial score (nSPS) is 15.0. The number of anilines is 1. The fraction of sp³-hybridized carbons (Fsp3) is 0.286. The van der Waals surface area contributed by atoms with E-state index in [9.17, 15) is 8.42 Å². The molecule has 0 radical (unpaired) electrons. The molecule has 1 fully saturated rings. The van der Waals surface area contributed by atoms with Crippen molar-refractivity contribution in [3.8, 4) is 11.5 Å². The molecule has 1 aromatic heterocycles. The Morgan fingerprint density at radius 3 is 2.36 bits per heavy atom. The van der Waals surface area contributed by atoms with Crippen molar-refractivity contribution in [3.05, 3.63) is 59.1 Å². The molecule has 0 aliphatic carbocycles. The van der Waals surface area contributed by atoms with Crippen LogP contribution in [0.5, 0.6) is 0 Å². The van der Waals surface area contributed by atoms with Crippen LogP contribution in [-0.2, 0) is 9.84 Å². The zero-order valence-corrected chi connectivity index (χ0v) is 17.1. The summed E-state index contributed by atoms with van der Waals surface area (Å²) in [6, 6.07) is 13.8. The molecule has 0 bridgehead atoms. The molecule has 0 unspecified atom stereocenters. The molecule has 0 saturated carbocycles. The number of oxazole rings is 1.